The van der Waals surface area contributed by atoms with Gasteiger partial charge < -0.3 is 9.42 Å². The third-order valence-corrected chi connectivity index (χ3v) is 4.63. The van der Waals surface area contributed by atoms with Gasteiger partial charge in [0.25, 0.3) is 0 Å². The van der Waals surface area contributed by atoms with Crippen LogP contribution in [0.4, 0.5) is 5.88 Å². The third kappa shape index (κ3) is 2.51. The Morgan fingerprint density at radius 1 is 1.17 bits per heavy atom. The molecule has 0 radical (unpaired) electrons. The molecule has 7 heteroatoms. The lowest BCUT2D eigenvalue weighted by atomic mass is 10.1. The molecule has 2 aliphatic rings. The van der Waals surface area contributed by atoms with Gasteiger partial charge in [-0.1, -0.05) is 35.5 Å². The Bertz CT molecular complexity index is 782. The van der Waals surface area contributed by atoms with Crippen molar-refractivity contribution >= 4 is 11.8 Å². The van der Waals surface area contributed by atoms with Crippen LogP contribution in [0, 0.1) is 11.5 Å². The van der Waals surface area contributed by atoms with Crippen LogP contribution in [0.25, 0.3) is 11.3 Å². The van der Waals surface area contributed by atoms with Crippen LogP contribution >= 0.6 is 0 Å². The van der Waals surface area contributed by atoms with Crippen molar-refractivity contribution in [3.63, 3.8) is 0 Å². The number of anilines is 1. The van der Waals surface area contributed by atoms with Crippen molar-refractivity contribution in [2.75, 3.05) is 37.6 Å². The van der Waals surface area contributed by atoms with E-state index < -0.39 is 0 Å². The molecule has 7 nitrogen and oxygen atoms in total. The van der Waals surface area contributed by atoms with E-state index in [1.165, 1.54) is 0 Å². The smallest absolute Gasteiger partial charge is 0.248 e. The molecule has 0 bridgehead atoms. The zero-order valence-corrected chi connectivity index (χ0v) is 13.1. The van der Waals surface area contributed by atoms with Gasteiger partial charge in [0, 0.05) is 37.8 Å². The number of nitrogens with zero attached hydrogens (tertiary/aromatic N) is 5. The van der Waals surface area contributed by atoms with E-state index in [0.717, 1.165) is 18.7 Å². The number of rotatable bonds is 2. The molecule has 0 saturated carbocycles. The monoisotopic (exact) mass is 323 g/mol. The molecule has 1 atom stereocenters. The predicted molar refractivity (Wildman–Crippen MR) is 86.8 cm³/mol. The van der Waals surface area contributed by atoms with Gasteiger partial charge in [0.2, 0.25) is 11.8 Å². The first-order chi connectivity index (χ1) is 11.8. The zero-order valence-electron chi connectivity index (χ0n) is 13.1. The molecule has 1 amide bonds. The number of carbonyl (C=O) groups excluding carboxylic acids is 1. The fraction of sp³-hybridized carbons (Fsp3) is 0.353. The SMILES string of the molecule is N#CN1CCN2CCN(c3cc(-c4ccccc4)no3)C(=O)C2C1. The molecule has 3 heterocycles. The van der Waals surface area contributed by atoms with Gasteiger partial charge >= 0.3 is 0 Å². The Morgan fingerprint density at radius 2 is 1.96 bits per heavy atom. The molecule has 2 fully saturated rings. The molecule has 24 heavy (non-hydrogen) atoms. The second-order valence-corrected chi connectivity index (χ2v) is 6.00. The Morgan fingerprint density at radius 3 is 2.75 bits per heavy atom. The lowest BCUT2D eigenvalue weighted by Gasteiger charge is -2.44. The summed E-state index contributed by atoms with van der Waals surface area (Å²) in [4.78, 5) is 18.2. The van der Waals surface area contributed by atoms with Crippen LogP contribution in [0.2, 0.25) is 0 Å². The van der Waals surface area contributed by atoms with Crippen LogP contribution in [-0.4, -0.2) is 59.6 Å². The van der Waals surface area contributed by atoms with Crippen molar-refractivity contribution in [2.45, 2.75) is 6.04 Å². The van der Waals surface area contributed by atoms with Crippen LogP contribution in [0.5, 0.6) is 0 Å². The van der Waals surface area contributed by atoms with Crippen molar-refractivity contribution in [2.24, 2.45) is 0 Å². The molecule has 2 aromatic rings. The van der Waals surface area contributed by atoms with Crippen molar-refractivity contribution in [3.05, 3.63) is 36.4 Å². The third-order valence-electron chi connectivity index (χ3n) is 4.63. The summed E-state index contributed by atoms with van der Waals surface area (Å²) in [6.07, 6.45) is 2.14. The van der Waals surface area contributed by atoms with Gasteiger partial charge in [0.05, 0.1) is 6.54 Å². The summed E-state index contributed by atoms with van der Waals surface area (Å²) in [5, 5.41) is 13.2. The fourth-order valence-electron chi connectivity index (χ4n) is 3.29. The maximum Gasteiger partial charge on any atom is 0.248 e. The number of carbonyl (C=O) groups is 1. The molecule has 2 saturated heterocycles. The van der Waals surface area contributed by atoms with Gasteiger partial charge in [-0.25, -0.2) is 0 Å². The largest absolute Gasteiger partial charge is 0.338 e. The Balaban J connectivity index is 1.56. The number of amides is 1. The van der Waals surface area contributed by atoms with Gasteiger partial charge in [-0.05, 0) is 0 Å². The van der Waals surface area contributed by atoms with Crippen LogP contribution < -0.4 is 4.90 Å². The summed E-state index contributed by atoms with van der Waals surface area (Å²) in [7, 11) is 0. The highest BCUT2D eigenvalue weighted by atomic mass is 16.5. The Hall–Kier alpha value is -2.85. The number of nitriles is 1. The van der Waals surface area contributed by atoms with E-state index in [4.69, 9.17) is 9.78 Å². The van der Waals surface area contributed by atoms with E-state index in [-0.39, 0.29) is 11.9 Å². The molecule has 2 aliphatic heterocycles. The minimum absolute atomic E-state index is 0.0306. The number of fused-ring (bicyclic) bond motifs is 1. The molecular formula is C17H17N5O2. The summed E-state index contributed by atoms with van der Waals surface area (Å²) in [5.41, 5.74) is 1.66. The van der Waals surface area contributed by atoms with Crippen LogP contribution in [0.15, 0.2) is 40.9 Å². The molecule has 1 aromatic carbocycles. The predicted octanol–water partition coefficient (Wildman–Crippen LogP) is 1.16. The highest BCUT2D eigenvalue weighted by Crippen LogP contribution is 2.27. The van der Waals surface area contributed by atoms with Gasteiger partial charge in [0.15, 0.2) is 6.19 Å². The molecule has 0 N–H and O–H groups in total. The molecule has 1 aromatic heterocycles. The van der Waals surface area contributed by atoms with E-state index in [2.05, 4.69) is 16.2 Å². The minimum atomic E-state index is -0.294. The topological polar surface area (TPSA) is 76.6 Å². The average molecular weight is 323 g/mol. The standard InChI is InChI=1S/C17H17N5O2/c18-12-20-6-7-21-8-9-22(17(23)15(21)11-20)16-10-14(19-24-16)13-4-2-1-3-5-13/h1-5,10,15H,6-9,11H2. The van der Waals surface area contributed by atoms with E-state index >= 15 is 0 Å². The number of benzene rings is 1. The van der Waals surface area contributed by atoms with Crippen LogP contribution in [0.3, 0.4) is 0 Å². The van der Waals surface area contributed by atoms with E-state index in [1.807, 2.05) is 30.3 Å². The van der Waals surface area contributed by atoms with Crippen molar-refractivity contribution in [1.29, 1.82) is 5.26 Å². The number of piperazine rings is 2. The van der Waals surface area contributed by atoms with Crippen molar-refractivity contribution in [1.82, 2.24) is 15.0 Å². The van der Waals surface area contributed by atoms with E-state index in [0.29, 0.717) is 31.2 Å². The van der Waals surface area contributed by atoms with Crippen LogP contribution in [0.1, 0.15) is 0 Å². The quantitative estimate of drug-likeness (QED) is 0.772. The molecule has 122 valence electrons. The normalized spacial score (nSPS) is 21.5. The number of hydrogen-bond donors (Lipinski definition) is 0. The second-order valence-electron chi connectivity index (χ2n) is 6.00. The molecule has 0 aliphatic carbocycles. The lowest BCUT2D eigenvalue weighted by molar-refractivity contribution is -0.128. The van der Waals surface area contributed by atoms with Crippen molar-refractivity contribution in [3.8, 4) is 17.5 Å². The maximum absolute atomic E-state index is 12.8. The molecular weight excluding hydrogens is 306 g/mol. The van der Waals surface area contributed by atoms with E-state index in [1.54, 1.807) is 15.9 Å². The molecule has 0 spiro atoms. The summed E-state index contributed by atoms with van der Waals surface area (Å²) in [6.45, 7) is 3.21. The second kappa shape index (κ2) is 5.98. The van der Waals surface area contributed by atoms with Crippen LogP contribution in [-0.2, 0) is 4.79 Å². The highest BCUT2D eigenvalue weighted by Gasteiger charge is 2.40. The lowest BCUT2D eigenvalue weighted by Crippen LogP contribution is -2.64. The summed E-state index contributed by atoms with van der Waals surface area (Å²) >= 11 is 0. The molecule has 4 rings (SSSR count). The first-order valence-corrected chi connectivity index (χ1v) is 7.98. The Labute approximate surface area is 139 Å². The number of hydrogen-bond acceptors (Lipinski definition) is 6. The molecule has 1 unspecified atom stereocenters. The minimum Gasteiger partial charge on any atom is -0.338 e. The van der Waals surface area contributed by atoms with Crippen molar-refractivity contribution < 1.29 is 9.32 Å². The summed E-state index contributed by atoms with van der Waals surface area (Å²) in [5.74, 6) is 0.435. The Kier molecular flexibility index (Phi) is 3.67. The average Bonchev–Trinajstić information content (AvgIpc) is 3.12. The number of aromatic nitrogens is 1. The van der Waals surface area contributed by atoms with Gasteiger partial charge in [-0.3, -0.25) is 14.6 Å². The van der Waals surface area contributed by atoms with Gasteiger partial charge in [0.1, 0.15) is 11.7 Å². The zero-order chi connectivity index (χ0) is 16.5. The summed E-state index contributed by atoms with van der Waals surface area (Å²) in [6, 6.07) is 11.2. The van der Waals surface area contributed by atoms with E-state index in [9.17, 15) is 4.79 Å². The fourth-order valence-corrected chi connectivity index (χ4v) is 3.29. The maximum atomic E-state index is 12.8. The van der Waals surface area contributed by atoms with Gasteiger partial charge in [-0.2, -0.15) is 5.26 Å². The first kappa shape index (κ1) is 14.7. The highest BCUT2D eigenvalue weighted by molar-refractivity contribution is 5.97. The summed E-state index contributed by atoms with van der Waals surface area (Å²) < 4.78 is 5.42. The van der Waals surface area contributed by atoms with Gasteiger partial charge in [-0.15, -0.1) is 0 Å². The first-order valence-electron chi connectivity index (χ1n) is 7.98.